The Bertz CT molecular complexity index is 349. The molecule has 0 unspecified atom stereocenters. The minimum atomic E-state index is -0.816. The number of likely N-dealkylation sites (N-methyl/N-ethyl adjacent to an activating group) is 1. The van der Waals surface area contributed by atoms with Gasteiger partial charge >= 0.3 is 0 Å². The molecule has 1 rings (SSSR count). The van der Waals surface area contributed by atoms with Crippen LogP contribution in [0.3, 0.4) is 0 Å². The van der Waals surface area contributed by atoms with Gasteiger partial charge in [0.2, 0.25) is 5.91 Å². The van der Waals surface area contributed by atoms with E-state index in [1.165, 1.54) is 0 Å². The average Bonchev–Trinajstić information content (AvgIpc) is 2.46. The fraction of sp³-hybridized carbons (Fsp3) is 0.857. The molecule has 116 valence electrons. The second kappa shape index (κ2) is 7.47. The van der Waals surface area contributed by atoms with Crippen molar-refractivity contribution in [3.63, 3.8) is 0 Å². The molecule has 1 aliphatic rings. The van der Waals surface area contributed by atoms with Crippen molar-refractivity contribution in [2.75, 3.05) is 20.1 Å². The van der Waals surface area contributed by atoms with Crippen molar-refractivity contribution >= 4 is 11.7 Å². The summed E-state index contributed by atoms with van der Waals surface area (Å²) in [7, 11) is 2.02. The van der Waals surface area contributed by atoms with Crippen molar-refractivity contribution in [1.29, 1.82) is 0 Å². The lowest BCUT2D eigenvalue weighted by atomic mass is 9.72. The van der Waals surface area contributed by atoms with Crippen LogP contribution in [0.2, 0.25) is 0 Å². The molecule has 6 nitrogen and oxygen atoms in total. The van der Waals surface area contributed by atoms with Crippen molar-refractivity contribution < 1.29 is 10.0 Å². The van der Waals surface area contributed by atoms with Gasteiger partial charge in [0.25, 0.3) is 0 Å². The van der Waals surface area contributed by atoms with Crippen LogP contribution >= 0.6 is 0 Å². The number of rotatable bonds is 6. The number of carbonyl (C=O) groups is 1. The summed E-state index contributed by atoms with van der Waals surface area (Å²) in [5, 5.41) is 15.0. The van der Waals surface area contributed by atoms with Crippen LogP contribution < -0.4 is 11.1 Å². The summed E-state index contributed by atoms with van der Waals surface area (Å²) in [6.07, 6.45) is 4.30. The smallest absolute Gasteiger partial charge is 0.233 e. The molecule has 1 amide bonds. The van der Waals surface area contributed by atoms with Crippen LogP contribution in [0, 0.1) is 5.41 Å². The van der Waals surface area contributed by atoms with Crippen LogP contribution in [-0.2, 0) is 4.79 Å². The Morgan fingerprint density at radius 3 is 2.50 bits per heavy atom. The van der Waals surface area contributed by atoms with E-state index in [4.69, 9.17) is 10.9 Å². The highest BCUT2D eigenvalue weighted by Crippen LogP contribution is 2.36. The lowest BCUT2D eigenvalue weighted by molar-refractivity contribution is -0.129. The van der Waals surface area contributed by atoms with Gasteiger partial charge < -0.3 is 21.2 Å². The Labute approximate surface area is 121 Å². The molecule has 1 fully saturated rings. The van der Waals surface area contributed by atoms with Gasteiger partial charge in [0.05, 0.1) is 0 Å². The molecule has 0 radical (unpaired) electrons. The Morgan fingerprint density at radius 1 is 1.40 bits per heavy atom. The third kappa shape index (κ3) is 3.85. The maximum Gasteiger partial charge on any atom is 0.233 e. The number of nitrogens with one attached hydrogen (secondary N) is 1. The highest BCUT2D eigenvalue weighted by atomic mass is 16.4. The maximum absolute atomic E-state index is 12.5. The van der Waals surface area contributed by atoms with E-state index in [-0.39, 0.29) is 11.7 Å². The summed E-state index contributed by atoms with van der Waals surface area (Å²) in [6.45, 7) is 5.59. The number of amides is 1. The van der Waals surface area contributed by atoms with Gasteiger partial charge in [0.15, 0.2) is 5.84 Å². The molecule has 1 aliphatic carbocycles. The molecular weight excluding hydrogens is 256 g/mol. The minimum absolute atomic E-state index is 0.0481. The van der Waals surface area contributed by atoms with E-state index in [1.54, 1.807) is 0 Å². The topological polar surface area (TPSA) is 91.0 Å². The van der Waals surface area contributed by atoms with E-state index in [0.29, 0.717) is 25.4 Å². The third-order valence-electron chi connectivity index (χ3n) is 4.37. The van der Waals surface area contributed by atoms with E-state index in [0.717, 1.165) is 25.8 Å². The molecule has 0 aromatic rings. The van der Waals surface area contributed by atoms with Crippen molar-refractivity contribution in [2.45, 2.75) is 52.0 Å². The van der Waals surface area contributed by atoms with Gasteiger partial charge in [-0.15, -0.1) is 0 Å². The molecule has 0 atom stereocenters. The lowest BCUT2D eigenvalue weighted by Gasteiger charge is -2.34. The van der Waals surface area contributed by atoms with E-state index in [1.807, 2.05) is 7.05 Å². The Kier molecular flexibility index (Phi) is 6.26. The van der Waals surface area contributed by atoms with Crippen LogP contribution in [0.25, 0.3) is 0 Å². The zero-order valence-corrected chi connectivity index (χ0v) is 12.9. The largest absolute Gasteiger partial charge is 0.409 e. The number of hydrogen-bond acceptors (Lipinski definition) is 4. The van der Waals surface area contributed by atoms with Gasteiger partial charge in [0.1, 0.15) is 5.41 Å². The predicted octanol–water partition coefficient (Wildman–Crippen LogP) is 1.14. The van der Waals surface area contributed by atoms with Crippen molar-refractivity contribution in [2.24, 2.45) is 16.3 Å². The Morgan fingerprint density at radius 2 is 2.00 bits per heavy atom. The third-order valence-corrected chi connectivity index (χ3v) is 4.37. The quantitative estimate of drug-likeness (QED) is 0.295. The molecular formula is C14H28N4O2. The minimum Gasteiger partial charge on any atom is -0.409 e. The molecule has 0 saturated heterocycles. The molecule has 1 saturated carbocycles. The number of oxime groups is 1. The molecule has 6 heteroatoms. The van der Waals surface area contributed by atoms with Gasteiger partial charge in [0, 0.05) is 19.1 Å². The highest BCUT2D eigenvalue weighted by Gasteiger charge is 2.43. The molecule has 0 aromatic carbocycles. The molecule has 0 bridgehead atoms. The molecule has 4 N–H and O–H groups in total. The zero-order chi connectivity index (χ0) is 15.2. The standard InChI is InChI=1S/C14H28N4O2/c1-11(2)18(3)10-9-16-13(19)14(12(15)17-20)7-5-4-6-8-14/h11,20H,4-10H2,1-3H3,(H2,15,17)(H,16,19). The second-order valence-corrected chi connectivity index (χ2v) is 5.96. The van der Waals surface area contributed by atoms with Crippen LogP contribution in [0.1, 0.15) is 46.0 Å². The molecule has 0 aromatic heterocycles. The summed E-state index contributed by atoms with van der Waals surface area (Å²) in [4.78, 5) is 14.6. The Balaban J connectivity index is 2.61. The molecule has 20 heavy (non-hydrogen) atoms. The SMILES string of the molecule is CC(C)N(C)CCNC(=O)C1(C(N)=NO)CCCCC1. The number of hydrogen-bond donors (Lipinski definition) is 3. The van der Waals surface area contributed by atoms with E-state index in [9.17, 15) is 4.79 Å². The summed E-state index contributed by atoms with van der Waals surface area (Å²) in [5.74, 6) is -0.0587. The normalized spacial score (nSPS) is 19.4. The first-order valence-corrected chi connectivity index (χ1v) is 7.40. The first kappa shape index (κ1) is 16.8. The van der Waals surface area contributed by atoms with Gasteiger partial charge in [-0.25, -0.2) is 0 Å². The highest BCUT2D eigenvalue weighted by molar-refractivity contribution is 6.06. The number of carbonyl (C=O) groups excluding carboxylic acids is 1. The maximum atomic E-state index is 12.5. The summed E-state index contributed by atoms with van der Waals surface area (Å²) < 4.78 is 0. The number of nitrogens with zero attached hydrogens (tertiary/aromatic N) is 2. The van der Waals surface area contributed by atoms with Gasteiger partial charge in [-0.05, 0) is 33.7 Å². The van der Waals surface area contributed by atoms with E-state index >= 15 is 0 Å². The molecule has 0 aliphatic heterocycles. The van der Waals surface area contributed by atoms with Crippen molar-refractivity contribution in [1.82, 2.24) is 10.2 Å². The van der Waals surface area contributed by atoms with Crippen LogP contribution in [0.15, 0.2) is 5.16 Å². The fourth-order valence-corrected chi connectivity index (χ4v) is 2.62. The van der Waals surface area contributed by atoms with Crippen molar-refractivity contribution in [3.8, 4) is 0 Å². The number of amidine groups is 1. The van der Waals surface area contributed by atoms with Crippen LogP contribution in [-0.4, -0.2) is 48.0 Å². The fourth-order valence-electron chi connectivity index (χ4n) is 2.62. The summed E-state index contributed by atoms with van der Waals surface area (Å²) in [5.41, 5.74) is 4.98. The monoisotopic (exact) mass is 284 g/mol. The van der Waals surface area contributed by atoms with Gasteiger partial charge in [-0.1, -0.05) is 24.4 Å². The summed E-state index contributed by atoms with van der Waals surface area (Å²) in [6, 6.07) is 0.444. The zero-order valence-electron chi connectivity index (χ0n) is 12.9. The number of nitrogens with two attached hydrogens (primary N) is 1. The second-order valence-electron chi connectivity index (χ2n) is 5.96. The molecule has 0 heterocycles. The van der Waals surface area contributed by atoms with Crippen LogP contribution in [0.4, 0.5) is 0 Å². The molecule has 0 spiro atoms. The average molecular weight is 284 g/mol. The Hall–Kier alpha value is -1.30. The first-order chi connectivity index (χ1) is 9.44. The van der Waals surface area contributed by atoms with Gasteiger partial charge in [-0.2, -0.15) is 0 Å². The summed E-state index contributed by atoms with van der Waals surface area (Å²) >= 11 is 0. The van der Waals surface area contributed by atoms with Crippen molar-refractivity contribution in [3.05, 3.63) is 0 Å². The first-order valence-electron chi connectivity index (χ1n) is 7.40. The van der Waals surface area contributed by atoms with E-state index < -0.39 is 5.41 Å². The van der Waals surface area contributed by atoms with Crippen LogP contribution in [0.5, 0.6) is 0 Å². The van der Waals surface area contributed by atoms with E-state index in [2.05, 4.69) is 29.2 Å². The van der Waals surface area contributed by atoms with Gasteiger partial charge in [-0.3, -0.25) is 4.79 Å². The lowest BCUT2D eigenvalue weighted by Crippen LogP contribution is -2.52. The predicted molar refractivity (Wildman–Crippen MR) is 79.7 cm³/mol.